The lowest BCUT2D eigenvalue weighted by molar-refractivity contribution is 0.101. The summed E-state index contributed by atoms with van der Waals surface area (Å²) in [6.45, 7) is 0.275. The average Bonchev–Trinajstić information content (AvgIpc) is 3.08. The van der Waals surface area contributed by atoms with E-state index >= 15 is 0 Å². The molecule has 3 aromatic carbocycles. The Morgan fingerprint density at radius 3 is 2.43 bits per heavy atom. The quantitative estimate of drug-likeness (QED) is 0.537. The van der Waals surface area contributed by atoms with E-state index in [1.807, 2.05) is 0 Å². The molecule has 0 bridgehead atoms. The van der Waals surface area contributed by atoms with Gasteiger partial charge in [-0.15, -0.1) is 0 Å². The Morgan fingerprint density at radius 2 is 1.70 bits per heavy atom. The Morgan fingerprint density at radius 1 is 0.933 bits per heavy atom. The molecule has 152 valence electrons. The number of Topliss-reactive ketones (excluding diaryl/α,β-unsaturated/α-hetero) is 1. The minimum Gasteiger partial charge on any atom is -0.497 e. The van der Waals surface area contributed by atoms with Crippen molar-refractivity contribution in [2.24, 2.45) is 0 Å². The van der Waals surface area contributed by atoms with Crippen LogP contribution in [0.25, 0.3) is 6.08 Å². The third-order valence-corrected chi connectivity index (χ3v) is 4.68. The molecule has 30 heavy (non-hydrogen) atoms. The lowest BCUT2D eigenvalue weighted by Gasteiger charge is -2.08. The van der Waals surface area contributed by atoms with Crippen LogP contribution in [0.2, 0.25) is 0 Å². The maximum Gasteiger partial charge on any atom is 0.231 e. The number of hydrogen-bond donors (Lipinski definition) is 0. The molecule has 0 atom stereocenters. The number of allylic oxidation sites excluding steroid dienone is 1. The lowest BCUT2D eigenvalue weighted by atomic mass is 10.1. The molecule has 1 aliphatic heterocycles. The van der Waals surface area contributed by atoms with E-state index in [0.29, 0.717) is 34.1 Å². The van der Waals surface area contributed by atoms with Crippen LogP contribution in [0.1, 0.15) is 21.5 Å². The molecule has 1 aliphatic rings. The van der Waals surface area contributed by atoms with Gasteiger partial charge in [-0.05, 0) is 54.1 Å². The number of hydrogen-bond acceptors (Lipinski definition) is 5. The van der Waals surface area contributed by atoms with Gasteiger partial charge >= 0.3 is 0 Å². The summed E-state index contributed by atoms with van der Waals surface area (Å²) in [5.74, 6) is 1.87. The van der Waals surface area contributed by atoms with Crippen LogP contribution in [0.3, 0.4) is 0 Å². The summed E-state index contributed by atoms with van der Waals surface area (Å²) in [5, 5.41) is 0. The third kappa shape index (κ3) is 3.98. The summed E-state index contributed by atoms with van der Waals surface area (Å²) < 4.78 is 35.1. The Balaban J connectivity index is 1.54. The summed E-state index contributed by atoms with van der Waals surface area (Å²) in [7, 11) is 3.12. The first-order chi connectivity index (χ1) is 14.6. The molecule has 4 rings (SSSR count). The van der Waals surface area contributed by atoms with Gasteiger partial charge in [0.2, 0.25) is 5.78 Å². The van der Waals surface area contributed by atoms with Crippen molar-refractivity contribution in [3.05, 3.63) is 88.9 Å². The van der Waals surface area contributed by atoms with Gasteiger partial charge in [0, 0.05) is 11.6 Å². The van der Waals surface area contributed by atoms with Crippen LogP contribution in [0, 0.1) is 5.82 Å². The normalized spacial score (nSPS) is 13.7. The average molecular weight is 406 g/mol. The van der Waals surface area contributed by atoms with Gasteiger partial charge in [0.25, 0.3) is 0 Å². The number of benzene rings is 3. The molecular formula is C24H19FO5. The van der Waals surface area contributed by atoms with Crippen LogP contribution < -0.4 is 18.9 Å². The van der Waals surface area contributed by atoms with E-state index in [4.69, 9.17) is 18.9 Å². The Hall–Kier alpha value is -3.80. The van der Waals surface area contributed by atoms with Crippen molar-refractivity contribution in [1.82, 2.24) is 0 Å². The van der Waals surface area contributed by atoms with Gasteiger partial charge in [0.15, 0.2) is 5.76 Å². The molecule has 0 fully saturated rings. The zero-order chi connectivity index (χ0) is 21.1. The highest BCUT2D eigenvalue weighted by Crippen LogP contribution is 2.36. The summed E-state index contributed by atoms with van der Waals surface area (Å²) in [5.41, 5.74) is 1.96. The number of ketones is 1. The standard InChI is InChI=1S/C24H19FO5/c1-27-18-8-10-21(28-2)16(11-18)12-23-24(26)20-9-7-19(13-22(20)30-23)29-14-15-3-5-17(25)6-4-15/h3-13H,14H2,1-2H3/b23-12+. The molecule has 0 saturated heterocycles. The molecular weight excluding hydrogens is 387 g/mol. The number of rotatable bonds is 6. The summed E-state index contributed by atoms with van der Waals surface area (Å²) in [6.07, 6.45) is 1.63. The zero-order valence-corrected chi connectivity index (χ0v) is 16.5. The highest BCUT2D eigenvalue weighted by atomic mass is 19.1. The van der Waals surface area contributed by atoms with E-state index in [-0.39, 0.29) is 24.0 Å². The molecule has 3 aromatic rings. The number of ether oxygens (including phenoxy) is 4. The molecule has 0 aliphatic carbocycles. The predicted molar refractivity (Wildman–Crippen MR) is 110 cm³/mol. The molecule has 0 unspecified atom stereocenters. The predicted octanol–water partition coefficient (Wildman–Crippen LogP) is 5.04. The second-order valence-corrected chi connectivity index (χ2v) is 6.62. The van der Waals surface area contributed by atoms with Crippen LogP contribution >= 0.6 is 0 Å². The maximum absolute atomic E-state index is 13.0. The zero-order valence-electron chi connectivity index (χ0n) is 16.5. The molecule has 6 heteroatoms. The van der Waals surface area contributed by atoms with Gasteiger partial charge < -0.3 is 18.9 Å². The van der Waals surface area contributed by atoms with Gasteiger partial charge in [0.05, 0.1) is 19.8 Å². The van der Waals surface area contributed by atoms with Crippen LogP contribution in [-0.2, 0) is 6.61 Å². The maximum atomic E-state index is 13.0. The minimum absolute atomic E-state index is 0.187. The minimum atomic E-state index is -0.296. The van der Waals surface area contributed by atoms with Crippen molar-refractivity contribution in [2.45, 2.75) is 6.61 Å². The first-order valence-corrected chi connectivity index (χ1v) is 9.25. The smallest absolute Gasteiger partial charge is 0.231 e. The van der Waals surface area contributed by atoms with Crippen LogP contribution in [0.15, 0.2) is 66.4 Å². The van der Waals surface area contributed by atoms with Gasteiger partial charge in [-0.25, -0.2) is 4.39 Å². The monoisotopic (exact) mass is 406 g/mol. The summed E-state index contributed by atoms with van der Waals surface area (Å²) in [6, 6.07) is 16.4. The molecule has 0 amide bonds. The van der Waals surface area contributed by atoms with E-state index in [2.05, 4.69) is 0 Å². The highest BCUT2D eigenvalue weighted by molar-refractivity contribution is 6.14. The number of fused-ring (bicyclic) bond motifs is 1. The van der Waals surface area contributed by atoms with Crippen molar-refractivity contribution < 1.29 is 28.1 Å². The second-order valence-electron chi connectivity index (χ2n) is 6.62. The Bertz CT molecular complexity index is 1120. The van der Waals surface area contributed by atoms with Crippen molar-refractivity contribution in [1.29, 1.82) is 0 Å². The Kier molecular flexibility index (Phi) is 5.39. The molecule has 0 saturated carbocycles. The SMILES string of the molecule is COc1ccc(OC)c(/C=C2/Oc3cc(OCc4ccc(F)cc4)ccc3C2=O)c1. The van der Waals surface area contributed by atoms with Crippen LogP contribution in [-0.4, -0.2) is 20.0 Å². The van der Waals surface area contributed by atoms with Crippen molar-refractivity contribution in [3.8, 4) is 23.0 Å². The number of carbonyl (C=O) groups excluding carboxylic acids is 1. The second kappa shape index (κ2) is 8.29. The van der Waals surface area contributed by atoms with E-state index in [9.17, 15) is 9.18 Å². The van der Waals surface area contributed by atoms with E-state index in [1.165, 1.54) is 12.1 Å². The third-order valence-electron chi connectivity index (χ3n) is 4.68. The first-order valence-electron chi connectivity index (χ1n) is 9.25. The van der Waals surface area contributed by atoms with Gasteiger partial charge in [-0.2, -0.15) is 0 Å². The van der Waals surface area contributed by atoms with E-state index in [1.54, 1.807) is 68.8 Å². The molecule has 1 heterocycles. The van der Waals surface area contributed by atoms with E-state index < -0.39 is 0 Å². The van der Waals surface area contributed by atoms with Crippen molar-refractivity contribution in [2.75, 3.05) is 14.2 Å². The Labute approximate surface area is 173 Å². The lowest BCUT2D eigenvalue weighted by Crippen LogP contribution is -1.99. The molecule has 0 radical (unpaired) electrons. The molecule has 0 aromatic heterocycles. The fourth-order valence-electron chi connectivity index (χ4n) is 3.10. The van der Waals surface area contributed by atoms with Crippen molar-refractivity contribution >= 4 is 11.9 Å². The molecule has 5 nitrogen and oxygen atoms in total. The van der Waals surface area contributed by atoms with Gasteiger partial charge in [0.1, 0.15) is 35.4 Å². The largest absolute Gasteiger partial charge is 0.497 e. The number of halogens is 1. The van der Waals surface area contributed by atoms with E-state index in [0.717, 1.165) is 5.56 Å². The van der Waals surface area contributed by atoms with Crippen molar-refractivity contribution in [3.63, 3.8) is 0 Å². The fraction of sp³-hybridized carbons (Fsp3) is 0.125. The molecule has 0 spiro atoms. The van der Waals surface area contributed by atoms with Gasteiger partial charge in [-0.3, -0.25) is 4.79 Å². The molecule has 0 N–H and O–H groups in total. The first kappa shape index (κ1) is 19.5. The van der Waals surface area contributed by atoms with Crippen LogP contribution in [0.5, 0.6) is 23.0 Å². The topological polar surface area (TPSA) is 54.0 Å². The number of carbonyl (C=O) groups is 1. The van der Waals surface area contributed by atoms with Gasteiger partial charge in [-0.1, -0.05) is 12.1 Å². The summed E-state index contributed by atoms with van der Waals surface area (Å²) >= 11 is 0. The fourth-order valence-corrected chi connectivity index (χ4v) is 3.10. The summed E-state index contributed by atoms with van der Waals surface area (Å²) in [4.78, 5) is 12.7. The van der Waals surface area contributed by atoms with Crippen LogP contribution in [0.4, 0.5) is 4.39 Å². The highest BCUT2D eigenvalue weighted by Gasteiger charge is 2.28. The number of methoxy groups -OCH3 is 2.